The Morgan fingerprint density at radius 1 is 1.39 bits per heavy atom. The number of pyridine rings is 1. The van der Waals surface area contributed by atoms with Gasteiger partial charge in [0.2, 0.25) is 0 Å². The maximum atomic E-state index is 12.5. The zero-order valence-electron chi connectivity index (χ0n) is 10.6. The van der Waals surface area contributed by atoms with E-state index in [2.05, 4.69) is 17.4 Å². The van der Waals surface area contributed by atoms with Crippen molar-refractivity contribution in [2.24, 2.45) is 0 Å². The average molecular weight is 242 g/mol. The van der Waals surface area contributed by atoms with E-state index in [4.69, 9.17) is 0 Å². The van der Waals surface area contributed by atoms with Crippen LogP contribution in [-0.4, -0.2) is 17.7 Å². The summed E-state index contributed by atoms with van der Waals surface area (Å²) in [6, 6.07) is 10.2. The van der Waals surface area contributed by atoms with Gasteiger partial charge in [-0.3, -0.25) is 4.79 Å². The van der Waals surface area contributed by atoms with Crippen LogP contribution in [0.25, 0.3) is 10.9 Å². The fourth-order valence-electron chi connectivity index (χ4n) is 2.88. The standard InChI is InChI=1S/C15H18N2O/c1-2-17-14-6-4-3-5-11(14)9-13(15(17)18)12-7-8-16-10-12/h3-6,9,12,16H,2,7-8,10H2,1H3. The van der Waals surface area contributed by atoms with Crippen molar-refractivity contribution in [2.75, 3.05) is 13.1 Å². The molecule has 18 heavy (non-hydrogen) atoms. The van der Waals surface area contributed by atoms with Crippen molar-refractivity contribution in [1.29, 1.82) is 0 Å². The Hall–Kier alpha value is -1.61. The number of fused-ring (bicyclic) bond motifs is 1. The van der Waals surface area contributed by atoms with Gasteiger partial charge in [0.15, 0.2) is 0 Å². The Kier molecular flexibility index (Phi) is 2.92. The van der Waals surface area contributed by atoms with E-state index in [0.717, 1.165) is 37.1 Å². The Morgan fingerprint density at radius 3 is 2.94 bits per heavy atom. The fourth-order valence-corrected chi connectivity index (χ4v) is 2.88. The first kappa shape index (κ1) is 11.5. The Bertz CT molecular complexity index is 624. The highest BCUT2D eigenvalue weighted by Gasteiger charge is 2.21. The molecule has 0 aliphatic carbocycles. The van der Waals surface area contributed by atoms with Crippen LogP contribution in [0.2, 0.25) is 0 Å². The Morgan fingerprint density at radius 2 is 2.22 bits per heavy atom. The molecule has 1 aromatic heterocycles. The van der Waals surface area contributed by atoms with E-state index >= 15 is 0 Å². The zero-order chi connectivity index (χ0) is 12.5. The maximum Gasteiger partial charge on any atom is 0.254 e. The molecule has 1 fully saturated rings. The fraction of sp³-hybridized carbons (Fsp3) is 0.400. The van der Waals surface area contributed by atoms with Crippen LogP contribution in [0.15, 0.2) is 35.1 Å². The van der Waals surface area contributed by atoms with Crippen molar-refractivity contribution >= 4 is 10.9 Å². The molecule has 1 unspecified atom stereocenters. The lowest BCUT2D eigenvalue weighted by atomic mass is 9.98. The molecule has 3 rings (SSSR count). The summed E-state index contributed by atoms with van der Waals surface area (Å²) in [7, 11) is 0. The summed E-state index contributed by atoms with van der Waals surface area (Å²) < 4.78 is 1.89. The summed E-state index contributed by atoms with van der Waals surface area (Å²) in [4.78, 5) is 12.5. The van der Waals surface area contributed by atoms with Gasteiger partial charge in [-0.05, 0) is 37.4 Å². The van der Waals surface area contributed by atoms with E-state index in [0.29, 0.717) is 5.92 Å². The lowest BCUT2D eigenvalue weighted by molar-refractivity contribution is 0.701. The number of hydrogen-bond acceptors (Lipinski definition) is 2. The number of hydrogen-bond donors (Lipinski definition) is 1. The highest BCUT2D eigenvalue weighted by molar-refractivity contribution is 5.79. The summed E-state index contributed by atoms with van der Waals surface area (Å²) in [5.74, 6) is 0.375. The monoisotopic (exact) mass is 242 g/mol. The van der Waals surface area contributed by atoms with Crippen LogP contribution in [0.4, 0.5) is 0 Å². The summed E-state index contributed by atoms with van der Waals surface area (Å²) in [6.07, 6.45) is 1.07. The normalized spacial score (nSPS) is 19.5. The molecule has 1 saturated heterocycles. The Balaban J connectivity index is 2.26. The smallest absolute Gasteiger partial charge is 0.254 e. The molecule has 1 aliphatic rings. The van der Waals surface area contributed by atoms with Crippen molar-refractivity contribution in [3.05, 3.63) is 46.2 Å². The van der Waals surface area contributed by atoms with E-state index in [1.54, 1.807) is 0 Å². The van der Waals surface area contributed by atoms with Crippen molar-refractivity contribution < 1.29 is 0 Å². The van der Waals surface area contributed by atoms with Gasteiger partial charge in [-0.15, -0.1) is 0 Å². The number of rotatable bonds is 2. The van der Waals surface area contributed by atoms with E-state index < -0.39 is 0 Å². The minimum atomic E-state index is 0.185. The number of nitrogens with zero attached hydrogens (tertiary/aromatic N) is 1. The minimum absolute atomic E-state index is 0.185. The second-order valence-corrected chi connectivity index (χ2v) is 4.90. The third-order valence-electron chi connectivity index (χ3n) is 3.85. The molecule has 0 saturated carbocycles. The zero-order valence-corrected chi connectivity index (χ0v) is 10.6. The molecule has 3 nitrogen and oxygen atoms in total. The maximum absolute atomic E-state index is 12.5. The molecule has 2 heterocycles. The topological polar surface area (TPSA) is 34.0 Å². The summed E-state index contributed by atoms with van der Waals surface area (Å²) in [5.41, 5.74) is 2.20. The predicted octanol–water partition coefficient (Wildman–Crippen LogP) is 2.10. The lowest BCUT2D eigenvalue weighted by Crippen LogP contribution is -2.26. The van der Waals surface area contributed by atoms with Crippen LogP contribution in [0.3, 0.4) is 0 Å². The molecule has 0 bridgehead atoms. The molecule has 1 aromatic carbocycles. The second-order valence-electron chi connectivity index (χ2n) is 4.90. The molecule has 3 heteroatoms. The van der Waals surface area contributed by atoms with Gasteiger partial charge >= 0.3 is 0 Å². The van der Waals surface area contributed by atoms with E-state index in [1.807, 2.05) is 29.7 Å². The highest BCUT2D eigenvalue weighted by Crippen LogP contribution is 2.22. The van der Waals surface area contributed by atoms with Crippen LogP contribution in [0.5, 0.6) is 0 Å². The second kappa shape index (κ2) is 4.58. The van der Waals surface area contributed by atoms with Gasteiger partial charge in [-0.25, -0.2) is 0 Å². The van der Waals surface area contributed by atoms with Gasteiger partial charge in [0.1, 0.15) is 0 Å². The van der Waals surface area contributed by atoms with Gasteiger partial charge in [-0.2, -0.15) is 0 Å². The van der Waals surface area contributed by atoms with Gasteiger partial charge < -0.3 is 9.88 Å². The quantitative estimate of drug-likeness (QED) is 0.875. The molecule has 1 atom stereocenters. The average Bonchev–Trinajstić information content (AvgIpc) is 2.92. The number of aryl methyl sites for hydroxylation is 1. The molecule has 94 valence electrons. The first-order valence-corrected chi connectivity index (χ1v) is 6.64. The lowest BCUT2D eigenvalue weighted by Gasteiger charge is -2.14. The molecule has 1 N–H and O–H groups in total. The largest absolute Gasteiger partial charge is 0.316 e. The van der Waals surface area contributed by atoms with Crippen molar-refractivity contribution in [1.82, 2.24) is 9.88 Å². The highest BCUT2D eigenvalue weighted by atomic mass is 16.1. The molecule has 0 amide bonds. The molecular formula is C15H18N2O. The molecule has 0 radical (unpaired) electrons. The number of aromatic nitrogens is 1. The van der Waals surface area contributed by atoms with Gasteiger partial charge in [0.25, 0.3) is 5.56 Å². The van der Waals surface area contributed by atoms with Gasteiger partial charge in [0.05, 0.1) is 5.52 Å². The molecule has 1 aliphatic heterocycles. The van der Waals surface area contributed by atoms with E-state index in [1.165, 1.54) is 5.39 Å². The number of benzene rings is 1. The SMILES string of the molecule is CCn1c(=O)c(C2CCNC2)cc2ccccc21. The van der Waals surface area contributed by atoms with Crippen molar-refractivity contribution in [3.8, 4) is 0 Å². The van der Waals surface area contributed by atoms with Crippen molar-refractivity contribution in [3.63, 3.8) is 0 Å². The van der Waals surface area contributed by atoms with Crippen LogP contribution >= 0.6 is 0 Å². The van der Waals surface area contributed by atoms with E-state index in [-0.39, 0.29) is 5.56 Å². The van der Waals surface area contributed by atoms with Crippen LogP contribution in [0, 0.1) is 0 Å². The first-order valence-electron chi connectivity index (χ1n) is 6.64. The Labute approximate surface area is 106 Å². The van der Waals surface area contributed by atoms with Crippen LogP contribution in [-0.2, 0) is 6.54 Å². The van der Waals surface area contributed by atoms with Crippen LogP contribution in [0.1, 0.15) is 24.8 Å². The van der Waals surface area contributed by atoms with Crippen molar-refractivity contribution in [2.45, 2.75) is 25.8 Å². The predicted molar refractivity (Wildman–Crippen MR) is 74.1 cm³/mol. The third kappa shape index (κ3) is 1.75. The minimum Gasteiger partial charge on any atom is -0.316 e. The van der Waals surface area contributed by atoms with Gasteiger partial charge in [0, 0.05) is 24.6 Å². The van der Waals surface area contributed by atoms with E-state index in [9.17, 15) is 4.79 Å². The summed E-state index contributed by atoms with van der Waals surface area (Å²) in [6.45, 7) is 4.71. The molecule has 2 aromatic rings. The molecular weight excluding hydrogens is 224 g/mol. The number of para-hydroxylation sites is 1. The summed E-state index contributed by atoms with van der Waals surface area (Å²) >= 11 is 0. The van der Waals surface area contributed by atoms with Gasteiger partial charge in [-0.1, -0.05) is 18.2 Å². The number of nitrogens with one attached hydrogen (secondary N) is 1. The van der Waals surface area contributed by atoms with Crippen LogP contribution < -0.4 is 10.9 Å². The third-order valence-corrected chi connectivity index (χ3v) is 3.85. The summed E-state index contributed by atoms with van der Waals surface area (Å²) in [5, 5.41) is 4.50. The molecule has 0 spiro atoms. The first-order chi connectivity index (χ1) is 8.81.